The van der Waals surface area contributed by atoms with E-state index in [-0.39, 0.29) is 6.29 Å². The molecule has 1 aliphatic rings. The molecule has 7 heteroatoms. The molecule has 1 aliphatic heterocycles. The van der Waals surface area contributed by atoms with Crippen molar-refractivity contribution >= 4 is 14.8 Å². The lowest BCUT2D eigenvalue weighted by molar-refractivity contribution is -0.131. The third-order valence-electron chi connectivity index (χ3n) is 2.49. The van der Waals surface area contributed by atoms with Crippen molar-refractivity contribution in [3.05, 3.63) is 12.7 Å². The smallest absolute Gasteiger partial charge is 0.478 e. The van der Waals surface area contributed by atoms with Crippen molar-refractivity contribution in [1.82, 2.24) is 0 Å². The van der Waals surface area contributed by atoms with Crippen LogP contribution in [0, 0.1) is 0 Å². The van der Waals surface area contributed by atoms with Crippen LogP contribution in [0.2, 0.25) is 6.04 Å². The minimum absolute atomic E-state index is 0.131. The minimum atomic E-state index is -2.41. The van der Waals surface area contributed by atoms with Gasteiger partial charge in [-0.05, 0) is 33.6 Å². The van der Waals surface area contributed by atoms with Gasteiger partial charge in [0.15, 0.2) is 6.29 Å². The fourth-order valence-electron chi connectivity index (χ4n) is 1.80. The normalized spacial score (nSPS) is 20.6. The second kappa shape index (κ2) is 11.0. The van der Waals surface area contributed by atoms with Crippen LogP contribution in [0.3, 0.4) is 0 Å². The Morgan fingerprint density at radius 2 is 1.90 bits per heavy atom. The maximum atomic E-state index is 9.25. The minimum Gasteiger partial charge on any atom is -0.478 e. The summed E-state index contributed by atoms with van der Waals surface area (Å²) in [6, 6.07) is 0.915. The fourth-order valence-corrected chi connectivity index (χ4v) is 4.53. The van der Waals surface area contributed by atoms with Crippen LogP contribution in [0.4, 0.5) is 0 Å². The van der Waals surface area contributed by atoms with Gasteiger partial charge in [0.05, 0.1) is 0 Å². The van der Waals surface area contributed by atoms with Crippen LogP contribution in [-0.4, -0.2) is 46.0 Å². The average Bonchev–Trinajstić information content (AvgIpc) is 2.40. The lowest BCUT2D eigenvalue weighted by Crippen LogP contribution is -2.51. The van der Waals surface area contributed by atoms with E-state index in [0.717, 1.165) is 25.0 Å². The van der Waals surface area contributed by atoms with Crippen molar-refractivity contribution in [3.8, 4) is 0 Å². The SMILES string of the molecule is C=CC(=O)O.CCOC1CCC[Si](OCC)(OCC)O1. The molecule has 0 amide bonds. The van der Waals surface area contributed by atoms with Gasteiger partial charge in [-0.1, -0.05) is 6.58 Å². The summed E-state index contributed by atoms with van der Waals surface area (Å²) in [5.41, 5.74) is 0. The van der Waals surface area contributed by atoms with E-state index in [1.165, 1.54) is 0 Å². The molecular formula is C13H26O6Si. The quantitative estimate of drug-likeness (QED) is 0.575. The van der Waals surface area contributed by atoms with E-state index in [1.807, 2.05) is 20.8 Å². The number of carboxylic acids is 1. The van der Waals surface area contributed by atoms with Crippen molar-refractivity contribution in [2.75, 3.05) is 19.8 Å². The zero-order chi connectivity index (χ0) is 15.4. The van der Waals surface area contributed by atoms with Gasteiger partial charge in [-0.25, -0.2) is 4.79 Å². The molecule has 0 spiro atoms. The first-order chi connectivity index (χ1) is 9.53. The molecule has 1 heterocycles. The zero-order valence-electron chi connectivity index (χ0n) is 12.6. The van der Waals surface area contributed by atoms with E-state index in [2.05, 4.69) is 6.58 Å². The van der Waals surface area contributed by atoms with Gasteiger partial charge in [0.1, 0.15) is 0 Å². The maximum Gasteiger partial charge on any atom is 0.502 e. The molecule has 1 unspecified atom stereocenters. The monoisotopic (exact) mass is 306 g/mol. The van der Waals surface area contributed by atoms with Crippen LogP contribution in [0.15, 0.2) is 12.7 Å². The first-order valence-corrected chi connectivity index (χ1v) is 8.89. The molecule has 6 nitrogen and oxygen atoms in total. The first kappa shape index (κ1) is 19.3. The number of rotatable bonds is 7. The Balaban J connectivity index is 0.000000621. The third kappa shape index (κ3) is 7.76. The predicted molar refractivity (Wildman–Crippen MR) is 77.4 cm³/mol. The molecule has 0 aromatic carbocycles. The van der Waals surface area contributed by atoms with Gasteiger partial charge in [-0.2, -0.15) is 0 Å². The Morgan fingerprint density at radius 1 is 1.35 bits per heavy atom. The highest BCUT2D eigenvalue weighted by Crippen LogP contribution is 2.28. The Hall–Kier alpha value is -0.733. The van der Waals surface area contributed by atoms with Crippen LogP contribution in [0.25, 0.3) is 0 Å². The van der Waals surface area contributed by atoms with Gasteiger partial charge in [0.2, 0.25) is 0 Å². The summed E-state index contributed by atoms with van der Waals surface area (Å²) < 4.78 is 22.8. The summed E-state index contributed by atoms with van der Waals surface area (Å²) in [6.07, 6.45) is 2.72. The molecule has 0 saturated carbocycles. The number of hydrogen-bond donors (Lipinski definition) is 1. The van der Waals surface area contributed by atoms with E-state index in [0.29, 0.717) is 19.8 Å². The van der Waals surface area contributed by atoms with Crippen molar-refractivity contribution in [1.29, 1.82) is 0 Å². The number of ether oxygens (including phenoxy) is 1. The molecule has 0 aromatic rings. The second-order valence-electron chi connectivity index (χ2n) is 3.99. The summed E-state index contributed by atoms with van der Waals surface area (Å²) >= 11 is 0. The van der Waals surface area contributed by atoms with Crippen molar-refractivity contribution in [2.24, 2.45) is 0 Å². The lowest BCUT2D eigenvalue weighted by atomic mass is 10.3. The fraction of sp³-hybridized carbons (Fsp3) is 0.769. The lowest BCUT2D eigenvalue weighted by Gasteiger charge is -2.36. The topological polar surface area (TPSA) is 74.2 Å². The van der Waals surface area contributed by atoms with Crippen LogP contribution in [0.5, 0.6) is 0 Å². The molecular weight excluding hydrogens is 280 g/mol. The predicted octanol–water partition coefficient (Wildman–Crippen LogP) is 2.43. The molecule has 1 atom stereocenters. The first-order valence-electron chi connectivity index (χ1n) is 6.96. The maximum absolute atomic E-state index is 9.25. The van der Waals surface area contributed by atoms with Gasteiger partial charge in [0.25, 0.3) is 0 Å². The van der Waals surface area contributed by atoms with Crippen molar-refractivity contribution in [3.63, 3.8) is 0 Å². The van der Waals surface area contributed by atoms with E-state index in [4.69, 9.17) is 23.1 Å². The van der Waals surface area contributed by atoms with Crippen molar-refractivity contribution in [2.45, 2.75) is 45.9 Å². The standard InChI is InChI=1S/C10H22O4Si.C3H4O2/c1-4-11-10-8-7-9-15(14-10,12-5-2)13-6-3;1-2-3(4)5/h10H,4-9H2,1-3H3;2H,1H2,(H,4,5). The molecule has 0 bridgehead atoms. The van der Waals surface area contributed by atoms with Crippen LogP contribution in [-0.2, 0) is 22.8 Å². The van der Waals surface area contributed by atoms with Gasteiger partial charge in [-0.3, -0.25) is 0 Å². The number of carboxylic acid groups (broad SMARTS) is 1. The Labute approximate surface area is 122 Å². The summed E-state index contributed by atoms with van der Waals surface area (Å²) in [5.74, 6) is -0.981. The molecule has 0 aromatic heterocycles. The van der Waals surface area contributed by atoms with Gasteiger partial charge in [0, 0.05) is 31.9 Å². The largest absolute Gasteiger partial charge is 0.502 e. The molecule has 0 aliphatic carbocycles. The number of aliphatic carboxylic acids is 1. The Bertz CT molecular complexity index is 271. The molecule has 0 radical (unpaired) electrons. The highest BCUT2D eigenvalue weighted by Gasteiger charge is 2.45. The molecule has 1 fully saturated rings. The number of hydrogen-bond acceptors (Lipinski definition) is 5. The second-order valence-corrected chi connectivity index (χ2v) is 6.67. The average molecular weight is 306 g/mol. The Morgan fingerprint density at radius 3 is 2.30 bits per heavy atom. The van der Waals surface area contributed by atoms with Gasteiger partial charge in [-0.15, -0.1) is 0 Å². The van der Waals surface area contributed by atoms with Gasteiger partial charge < -0.3 is 23.1 Å². The highest BCUT2D eigenvalue weighted by molar-refractivity contribution is 6.60. The molecule has 1 saturated heterocycles. The van der Waals surface area contributed by atoms with E-state index < -0.39 is 14.8 Å². The van der Waals surface area contributed by atoms with Crippen LogP contribution in [0.1, 0.15) is 33.6 Å². The summed E-state index contributed by atoms with van der Waals surface area (Å²) in [6.45, 7) is 10.8. The van der Waals surface area contributed by atoms with Crippen molar-refractivity contribution < 1.29 is 27.9 Å². The summed E-state index contributed by atoms with van der Waals surface area (Å²) in [5, 5.41) is 7.60. The molecule has 1 N–H and O–H groups in total. The van der Waals surface area contributed by atoms with E-state index in [9.17, 15) is 4.79 Å². The Kier molecular flexibility index (Phi) is 10.6. The summed E-state index contributed by atoms with van der Waals surface area (Å²) in [7, 11) is -2.41. The molecule has 1 rings (SSSR count). The van der Waals surface area contributed by atoms with E-state index >= 15 is 0 Å². The molecule has 118 valence electrons. The van der Waals surface area contributed by atoms with E-state index in [1.54, 1.807) is 0 Å². The van der Waals surface area contributed by atoms with Gasteiger partial charge >= 0.3 is 14.8 Å². The van der Waals surface area contributed by atoms with Crippen LogP contribution >= 0.6 is 0 Å². The summed E-state index contributed by atoms with van der Waals surface area (Å²) in [4.78, 5) is 9.25. The zero-order valence-corrected chi connectivity index (χ0v) is 13.6. The van der Waals surface area contributed by atoms with Crippen LogP contribution < -0.4 is 0 Å². The third-order valence-corrected chi connectivity index (χ3v) is 5.53. The molecule has 20 heavy (non-hydrogen) atoms. The number of carbonyl (C=O) groups is 1. The highest BCUT2D eigenvalue weighted by atomic mass is 28.4.